The molecular weight excluding hydrogens is 292 g/mol. The van der Waals surface area contributed by atoms with Gasteiger partial charge in [0.1, 0.15) is 0 Å². The quantitative estimate of drug-likeness (QED) is 0.820. The maximum absolute atomic E-state index is 13.4. The lowest BCUT2D eigenvalue weighted by Crippen LogP contribution is -2.19. The lowest BCUT2D eigenvalue weighted by Gasteiger charge is -2.20. The van der Waals surface area contributed by atoms with Crippen LogP contribution in [-0.2, 0) is 0 Å². The number of aromatic hydroxyl groups is 1. The van der Waals surface area contributed by atoms with Crippen molar-refractivity contribution in [1.82, 2.24) is 0 Å². The maximum atomic E-state index is 13.4. The molecule has 1 aliphatic rings. The van der Waals surface area contributed by atoms with Crippen LogP contribution in [0.25, 0.3) is 0 Å². The van der Waals surface area contributed by atoms with E-state index in [9.17, 15) is 13.9 Å². The van der Waals surface area contributed by atoms with Gasteiger partial charge in [-0.25, -0.2) is 4.39 Å². The van der Waals surface area contributed by atoms with E-state index < -0.39 is 23.4 Å². The number of hydrogen-bond acceptors (Lipinski definition) is 2. The summed E-state index contributed by atoms with van der Waals surface area (Å²) in [6.45, 7) is 0. The van der Waals surface area contributed by atoms with E-state index in [2.05, 4.69) is 15.9 Å². The standard InChI is InChI=1S/C12H14BrF2NO/c13-8-5-7(12(17)10(15)9(8)14)11(16)6-3-1-2-4-6/h5-6,11,17H,1-4,16H2/t11-/m0/s1. The van der Waals surface area contributed by atoms with Gasteiger partial charge < -0.3 is 10.8 Å². The van der Waals surface area contributed by atoms with Gasteiger partial charge in [0.25, 0.3) is 0 Å². The Hall–Kier alpha value is -0.680. The van der Waals surface area contributed by atoms with Crippen LogP contribution in [0.4, 0.5) is 8.78 Å². The molecule has 0 saturated heterocycles. The third-order valence-corrected chi connectivity index (χ3v) is 4.01. The molecule has 17 heavy (non-hydrogen) atoms. The fourth-order valence-electron chi connectivity index (χ4n) is 2.43. The Balaban J connectivity index is 2.37. The Labute approximate surface area is 107 Å². The van der Waals surface area contributed by atoms with Gasteiger partial charge in [0.2, 0.25) is 5.82 Å². The Kier molecular flexibility index (Phi) is 3.68. The van der Waals surface area contributed by atoms with Gasteiger partial charge in [0, 0.05) is 11.6 Å². The van der Waals surface area contributed by atoms with E-state index in [1.807, 2.05) is 0 Å². The molecule has 94 valence electrons. The molecular formula is C12H14BrF2NO. The van der Waals surface area contributed by atoms with Crippen LogP contribution in [0.2, 0.25) is 0 Å². The van der Waals surface area contributed by atoms with Gasteiger partial charge in [-0.1, -0.05) is 12.8 Å². The Bertz CT molecular complexity index is 433. The first-order valence-corrected chi connectivity index (χ1v) is 6.43. The normalized spacial score (nSPS) is 18.6. The van der Waals surface area contributed by atoms with Gasteiger partial charge in [0.05, 0.1) is 4.47 Å². The van der Waals surface area contributed by atoms with Gasteiger partial charge in [-0.15, -0.1) is 0 Å². The lowest BCUT2D eigenvalue weighted by atomic mass is 9.92. The van der Waals surface area contributed by atoms with E-state index >= 15 is 0 Å². The van der Waals surface area contributed by atoms with Crippen LogP contribution in [0.5, 0.6) is 5.75 Å². The number of nitrogens with two attached hydrogens (primary N) is 1. The summed E-state index contributed by atoms with van der Waals surface area (Å²) in [6.07, 6.45) is 4.14. The lowest BCUT2D eigenvalue weighted by molar-refractivity contribution is 0.376. The van der Waals surface area contributed by atoms with E-state index in [0.29, 0.717) is 0 Å². The second kappa shape index (κ2) is 4.90. The molecule has 0 bridgehead atoms. The van der Waals surface area contributed by atoms with Gasteiger partial charge in [-0.05, 0) is 40.8 Å². The van der Waals surface area contributed by atoms with Gasteiger partial charge >= 0.3 is 0 Å². The Morgan fingerprint density at radius 1 is 1.29 bits per heavy atom. The summed E-state index contributed by atoms with van der Waals surface area (Å²) in [5.74, 6) is -2.74. The minimum Gasteiger partial charge on any atom is -0.505 e. The van der Waals surface area contributed by atoms with Crippen molar-refractivity contribution in [3.8, 4) is 5.75 Å². The Morgan fingerprint density at radius 3 is 2.47 bits per heavy atom. The predicted molar refractivity (Wildman–Crippen MR) is 64.6 cm³/mol. The van der Waals surface area contributed by atoms with Crippen LogP contribution in [0, 0.1) is 17.6 Å². The molecule has 0 aliphatic heterocycles. The average Bonchev–Trinajstić information content (AvgIpc) is 2.84. The highest BCUT2D eigenvalue weighted by atomic mass is 79.9. The monoisotopic (exact) mass is 305 g/mol. The first-order chi connectivity index (χ1) is 8.02. The molecule has 1 saturated carbocycles. The highest BCUT2D eigenvalue weighted by Gasteiger charge is 2.28. The molecule has 1 aromatic carbocycles. The molecule has 3 N–H and O–H groups in total. The van der Waals surface area contributed by atoms with Crippen LogP contribution < -0.4 is 5.73 Å². The highest BCUT2D eigenvalue weighted by molar-refractivity contribution is 9.10. The molecule has 0 heterocycles. The Morgan fingerprint density at radius 2 is 1.88 bits per heavy atom. The average molecular weight is 306 g/mol. The van der Waals surface area contributed by atoms with Gasteiger partial charge in [-0.3, -0.25) is 0 Å². The van der Waals surface area contributed by atoms with Crippen LogP contribution in [0.15, 0.2) is 10.5 Å². The summed E-state index contributed by atoms with van der Waals surface area (Å²) in [7, 11) is 0. The zero-order valence-electron chi connectivity index (χ0n) is 9.22. The van der Waals surface area contributed by atoms with Crippen LogP contribution >= 0.6 is 15.9 Å². The molecule has 1 fully saturated rings. The molecule has 5 heteroatoms. The number of halogens is 3. The minimum absolute atomic E-state index is 0.00348. The van der Waals surface area contributed by atoms with Crippen molar-refractivity contribution in [1.29, 1.82) is 0 Å². The molecule has 1 aromatic rings. The highest BCUT2D eigenvalue weighted by Crippen LogP contribution is 2.40. The van der Waals surface area contributed by atoms with Crippen molar-refractivity contribution in [2.75, 3.05) is 0 Å². The molecule has 0 unspecified atom stereocenters. The number of hydrogen-bond donors (Lipinski definition) is 2. The summed E-state index contributed by atoms with van der Waals surface area (Å²) in [5.41, 5.74) is 6.30. The van der Waals surface area contributed by atoms with E-state index in [4.69, 9.17) is 5.73 Å². The minimum atomic E-state index is -1.23. The van der Waals surface area contributed by atoms with Crippen molar-refractivity contribution in [3.05, 3.63) is 27.7 Å². The van der Waals surface area contributed by atoms with E-state index in [0.717, 1.165) is 25.7 Å². The van der Waals surface area contributed by atoms with E-state index in [1.54, 1.807) is 0 Å². The third kappa shape index (κ3) is 2.31. The second-order valence-corrected chi connectivity index (χ2v) is 5.35. The fraction of sp³-hybridized carbons (Fsp3) is 0.500. The summed E-state index contributed by atoms with van der Waals surface area (Å²) in [4.78, 5) is 0. The molecule has 2 nitrogen and oxygen atoms in total. The summed E-state index contributed by atoms with van der Waals surface area (Å²) >= 11 is 2.93. The number of benzene rings is 1. The van der Waals surface area contributed by atoms with E-state index in [1.165, 1.54) is 6.07 Å². The SMILES string of the molecule is N[C@H](c1cc(Br)c(F)c(F)c1O)C1CCCC1. The zero-order chi connectivity index (χ0) is 12.6. The summed E-state index contributed by atoms with van der Waals surface area (Å²) < 4.78 is 26.6. The first kappa shape index (κ1) is 12.8. The first-order valence-electron chi connectivity index (χ1n) is 5.64. The molecule has 0 radical (unpaired) electrons. The van der Waals surface area contributed by atoms with Crippen molar-refractivity contribution in [2.45, 2.75) is 31.7 Å². The van der Waals surface area contributed by atoms with Crippen molar-refractivity contribution >= 4 is 15.9 Å². The summed E-state index contributed by atoms with van der Waals surface area (Å²) in [6, 6.07) is 0.931. The summed E-state index contributed by atoms with van der Waals surface area (Å²) in [5, 5.41) is 9.62. The second-order valence-electron chi connectivity index (χ2n) is 4.49. The predicted octanol–water partition coefficient (Wildman–Crippen LogP) is 3.62. The van der Waals surface area contributed by atoms with Crippen molar-refractivity contribution < 1.29 is 13.9 Å². The third-order valence-electron chi connectivity index (χ3n) is 3.43. The molecule has 1 aliphatic carbocycles. The number of phenols is 1. The fourth-order valence-corrected chi connectivity index (χ4v) is 2.85. The van der Waals surface area contributed by atoms with Crippen LogP contribution in [-0.4, -0.2) is 5.11 Å². The maximum Gasteiger partial charge on any atom is 0.201 e. The smallest absolute Gasteiger partial charge is 0.201 e. The van der Waals surface area contributed by atoms with Crippen molar-refractivity contribution in [3.63, 3.8) is 0 Å². The zero-order valence-corrected chi connectivity index (χ0v) is 10.8. The van der Waals surface area contributed by atoms with Crippen LogP contribution in [0.3, 0.4) is 0 Å². The van der Waals surface area contributed by atoms with Gasteiger partial charge in [0.15, 0.2) is 11.6 Å². The number of phenolic OH excluding ortho intramolecular Hbond substituents is 1. The van der Waals surface area contributed by atoms with Crippen LogP contribution in [0.1, 0.15) is 37.3 Å². The molecule has 0 amide bonds. The largest absolute Gasteiger partial charge is 0.505 e. The molecule has 0 spiro atoms. The topological polar surface area (TPSA) is 46.2 Å². The molecule has 1 atom stereocenters. The van der Waals surface area contributed by atoms with Gasteiger partial charge in [-0.2, -0.15) is 4.39 Å². The number of rotatable bonds is 2. The van der Waals surface area contributed by atoms with Crippen molar-refractivity contribution in [2.24, 2.45) is 11.7 Å². The molecule has 0 aromatic heterocycles. The molecule has 2 rings (SSSR count). The van der Waals surface area contributed by atoms with E-state index in [-0.39, 0.29) is 16.0 Å².